The first kappa shape index (κ1) is 20.3. The molecule has 0 unspecified atom stereocenters. The van der Waals surface area contributed by atoms with Crippen molar-refractivity contribution in [3.8, 4) is 0 Å². The second-order valence-electron chi connectivity index (χ2n) is 7.74. The van der Waals surface area contributed by atoms with Gasteiger partial charge < -0.3 is 9.80 Å². The van der Waals surface area contributed by atoms with E-state index >= 15 is 0 Å². The average molecular weight is 384 g/mol. The normalized spacial score (nSPS) is 16.1. The third kappa shape index (κ3) is 4.53. The van der Waals surface area contributed by atoms with Gasteiger partial charge in [0.05, 0.1) is 6.04 Å². The molecule has 1 aliphatic rings. The molecular weight excluding hydrogens is 353 g/mol. The van der Waals surface area contributed by atoms with Gasteiger partial charge in [-0.3, -0.25) is 9.69 Å². The smallest absolute Gasteiger partial charge is 0.239 e. The maximum absolute atomic E-state index is 13.4. The van der Waals surface area contributed by atoms with Crippen molar-refractivity contribution in [1.29, 1.82) is 0 Å². The molecule has 2 aromatic carbocycles. The van der Waals surface area contributed by atoms with Crippen molar-refractivity contribution < 1.29 is 9.18 Å². The number of carbonyl (C=O) groups is 1. The van der Waals surface area contributed by atoms with Crippen LogP contribution in [0.2, 0.25) is 0 Å². The molecule has 0 bridgehead atoms. The minimum atomic E-state index is -0.269. The molecule has 1 atom stereocenters. The summed E-state index contributed by atoms with van der Waals surface area (Å²) in [6, 6.07) is 12.7. The van der Waals surface area contributed by atoms with Gasteiger partial charge in [-0.15, -0.1) is 0 Å². The van der Waals surface area contributed by atoms with E-state index in [-0.39, 0.29) is 17.8 Å². The zero-order chi connectivity index (χ0) is 20.3. The van der Waals surface area contributed by atoms with Gasteiger partial charge >= 0.3 is 0 Å². The Bertz CT molecular complexity index is 830. The molecule has 1 amide bonds. The Kier molecular flexibility index (Phi) is 6.35. The Morgan fingerprint density at radius 2 is 1.79 bits per heavy atom. The number of hydrogen-bond donors (Lipinski definition) is 0. The quantitative estimate of drug-likeness (QED) is 0.789. The van der Waals surface area contributed by atoms with Crippen LogP contribution in [0.3, 0.4) is 0 Å². The third-order valence-electron chi connectivity index (χ3n) is 5.82. The summed E-state index contributed by atoms with van der Waals surface area (Å²) in [6.07, 6.45) is 0. The molecule has 28 heavy (non-hydrogen) atoms. The molecule has 2 aromatic rings. The second kappa shape index (κ2) is 8.74. The number of piperazine rings is 1. The van der Waals surface area contributed by atoms with Crippen LogP contribution in [0.15, 0.2) is 42.5 Å². The lowest BCUT2D eigenvalue weighted by Gasteiger charge is -2.40. The number of nitrogens with zero attached hydrogens (tertiary/aromatic N) is 3. The van der Waals surface area contributed by atoms with Crippen LogP contribution in [-0.2, 0) is 11.3 Å². The van der Waals surface area contributed by atoms with Gasteiger partial charge in [-0.05, 0) is 55.7 Å². The summed E-state index contributed by atoms with van der Waals surface area (Å²) < 4.78 is 13.4. The van der Waals surface area contributed by atoms with Crippen molar-refractivity contribution >= 4 is 11.6 Å². The molecule has 0 aromatic heterocycles. The maximum atomic E-state index is 13.4. The Hall–Kier alpha value is -2.40. The average Bonchev–Trinajstić information content (AvgIpc) is 2.69. The van der Waals surface area contributed by atoms with Crippen molar-refractivity contribution in [1.82, 2.24) is 9.80 Å². The number of anilines is 1. The highest BCUT2D eigenvalue weighted by Crippen LogP contribution is 2.24. The molecular formula is C23H30FN3O. The minimum Gasteiger partial charge on any atom is -0.369 e. The standard InChI is InChI=1S/C23H30FN3O/c1-17-7-5-10-22(18(17)2)27-13-11-26(12-14-27)19(3)23(28)25(4)16-20-8-6-9-21(24)15-20/h5-10,15,19H,11-14,16H2,1-4H3/t19-/m1/s1. The van der Waals surface area contributed by atoms with Crippen molar-refractivity contribution in [3.63, 3.8) is 0 Å². The second-order valence-corrected chi connectivity index (χ2v) is 7.74. The fourth-order valence-corrected chi connectivity index (χ4v) is 3.89. The van der Waals surface area contributed by atoms with E-state index in [1.807, 2.05) is 13.0 Å². The molecule has 0 spiro atoms. The van der Waals surface area contributed by atoms with E-state index in [9.17, 15) is 9.18 Å². The summed E-state index contributed by atoms with van der Waals surface area (Å²) in [5.41, 5.74) is 4.74. The lowest BCUT2D eigenvalue weighted by Crippen LogP contribution is -2.54. The van der Waals surface area contributed by atoms with Crippen LogP contribution in [0, 0.1) is 19.7 Å². The fraction of sp³-hybridized carbons (Fsp3) is 0.435. The molecule has 3 rings (SSSR count). The fourth-order valence-electron chi connectivity index (χ4n) is 3.89. The van der Waals surface area contributed by atoms with Crippen molar-refractivity contribution in [2.24, 2.45) is 0 Å². The van der Waals surface area contributed by atoms with Crippen molar-refractivity contribution in [2.75, 3.05) is 38.1 Å². The maximum Gasteiger partial charge on any atom is 0.239 e. The summed E-state index contributed by atoms with van der Waals surface area (Å²) in [6.45, 7) is 10.2. The zero-order valence-electron chi connectivity index (χ0n) is 17.3. The van der Waals surface area contributed by atoms with Gasteiger partial charge in [0, 0.05) is 45.5 Å². The number of likely N-dealkylation sites (N-methyl/N-ethyl adjacent to an activating group) is 1. The number of hydrogen-bond acceptors (Lipinski definition) is 3. The highest BCUT2D eigenvalue weighted by atomic mass is 19.1. The highest BCUT2D eigenvalue weighted by Gasteiger charge is 2.28. The summed E-state index contributed by atoms with van der Waals surface area (Å²) >= 11 is 0. The van der Waals surface area contributed by atoms with Crippen molar-refractivity contribution in [3.05, 3.63) is 65.0 Å². The number of amides is 1. The van der Waals surface area contributed by atoms with Crippen molar-refractivity contribution in [2.45, 2.75) is 33.4 Å². The summed E-state index contributed by atoms with van der Waals surface area (Å²) in [5.74, 6) is -0.196. The number of halogens is 1. The molecule has 1 fully saturated rings. The molecule has 0 N–H and O–H groups in total. The van der Waals surface area contributed by atoms with Crippen LogP contribution in [0.4, 0.5) is 10.1 Å². The Balaban J connectivity index is 1.57. The lowest BCUT2D eigenvalue weighted by atomic mass is 10.1. The van der Waals surface area contributed by atoms with Gasteiger partial charge in [-0.1, -0.05) is 24.3 Å². The number of benzene rings is 2. The third-order valence-corrected chi connectivity index (χ3v) is 5.82. The number of rotatable bonds is 5. The van der Waals surface area contributed by atoms with Gasteiger partial charge in [-0.2, -0.15) is 0 Å². The predicted molar refractivity (Wildman–Crippen MR) is 112 cm³/mol. The molecule has 0 radical (unpaired) electrons. The molecule has 1 heterocycles. The SMILES string of the molecule is Cc1cccc(N2CCN([C@H](C)C(=O)N(C)Cc3cccc(F)c3)CC2)c1C. The molecule has 5 heteroatoms. The zero-order valence-corrected chi connectivity index (χ0v) is 17.3. The molecule has 150 valence electrons. The first-order valence-electron chi connectivity index (χ1n) is 9.91. The summed E-state index contributed by atoms with van der Waals surface area (Å²) in [7, 11) is 1.79. The van der Waals surface area contributed by atoms with E-state index in [0.29, 0.717) is 6.54 Å². The minimum absolute atomic E-state index is 0.0736. The van der Waals surface area contributed by atoms with Gasteiger partial charge in [0.25, 0.3) is 0 Å². The lowest BCUT2D eigenvalue weighted by molar-refractivity contribution is -0.135. The molecule has 1 aliphatic heterocycles. The number of aryl methyl sites for hydroxylation is 1. The van der Waals surface area contributed by atoms with Gasteiger partial charge in [0.15, 0.2) is 0 Å². The Labute approximate surface area is 167 Å². The van der Waals surface area contributed by atoms with Crippen LogP contribution in [0.5, 0.6) is 0 Å². The first-order chi connectivity index (χ1) is 13.4. The van der Waals surface area contributed by atoms with Gasteiger partial charge in [-0.25, -0.2) is 4.39 Å². The van der Waals surface area contributed by atoms with E-state index in [1.54, 1.807) is 18.0 Å². The van der Waals surface area contributed by atoms with Crippen LogP contribution in [-0.4, -0.2) is 55.0 Å². The van der Waals surface area contributed by atoms with Crippen LogP contribution in [0.1, 0.15) is 23.6 Å². The van der Waals surface area contributed by atoms with Crippen LogP contribution in [0.25, 0.3) is 0 Å². The van der Waals surface area contributed by atoms with Gasteiger partial charge in [0.2, 0.25) is 5.91 Å². The van der Waals surface area contributed by atoms with E-state index in [4.69, 9.17) is 0 Å². The Morgan fingerprint density at radius 1 is 1.11 bits per heavy atom. The monoisotopic (exact) mass is 383 g/mol. The largest absolute Gasteiger partial charge is 0.369 e. The highest BCUT2D eigenvalue weighted by molar-refractivity contribution is 5.81. The van der Waals surface area contributed by atoms with Crippen LogP contribution < -0.4 is 4.90 Å². The Morgan fingerprint density at radius 3 is 2.46 bits per heavy atom. The predicted octanol–water partition coefficient (Wildman–Crippen LogP) is 3.61. The number of carbonyl (C=O) groups excluding carboxylic acids is 1. The van der Waals surface area contributed by atoms with E-state index < -0.39 is 0 Å². The van der Waals surface area contributed by atoms with E-state index in [2.05, 4.69) is 41.8 Å². The molecule has 1 saturated heterocycles. The molecule has 0 saturated carbocycles. The topological polar surface area (TPSA) is 26.8 Å². The summed E-state index contributed by atoms with van der Waals surface area (Å²) in [4.78, 5) is 19.2. The van der Waals surface area contributed by atoms with E-state index in [1.165, 1.54) is 28.9 Å². The first-order valence-corrected chi connectivity index (χ1v) is 9.91. The summed E-state index contributed by atoms with van der Waals surface area (Å²) in [5, 5.41) is 0. The van der Waals surface area contributed by atoms with E-state index in [0.717, 1.165) is 31.7 Å². The molecule has 4 nitrogen and oxygen atoms in total. The van der Waals surface area contributed by atoms with Gasteiger partial charge in [0.1, 0.15) is 5.82 Å². The molecule has 0 aliphatic carbocycles. The van der Waals surface area contributed by atoms with Crippen LogP contribution >= 0.6 is 0 Å².